The minimum atomic E-state index is -6.55. The maximum atomic E-state index is 13.6. The number of hydrogen-bond donors (Lipinski definition) is 2. The van der Waals surface area contributed by atoms with E-state index in [4.69, 9.17) is 4.55 Å². The van der Waals surface area contributed by atoms with Gasteiger partial charge in [0.1, 0.15) is 0 Å². The fraction of sp³-hybridized carbons (Fsp3) is 0.733. The van der Waals surface area contributed by atoms with Gasteiger partial charge in [-0.15, -0.1) is 0 Å². The Morgan fingerprint density at radius 3 is 1.94 bits per heavy atom. The van der Waals surface area contributed by atoms with Crippen molar-refractivity contribution in [1.29, 1.82) is 0 Å². The van der Waals surface area contributed by atoms with E-state index >= 15 is 0 Å². The van der Waals surface area contributed by atoms with E-state index in [0.717, 1.165) is 6.92 Å². The van der Waals surface area contributed by atoms with Crippen molar-refractivity contribution >= 4 is 22.0 Å². The number of halogens is 7. The first kappa shape index (κ1) is 29.1. The SMILES string of the molecule is C=C(C)C(=O)OC(OCCCC(F)(F)C(F)(F)S(=O)(=O)O)(C(=O)NC(C)C)C(F)(F)F. The Morgan fingerprint density at radius 2 is 1.58 bits per heavy atom. The monoisotopic (exact) mass is 491 g/mol. The molecule has 0 saturated carbocycles. The molecule has 1 atom stereocenters. The molecule has 0 spiro atoms. The quantitative estimate of drug-likeness (QED) is 0.114. The Kier molecular flexibility index (Phi) is 9.08. The molecule has 0 aromatic carbocycles. The Balaban J connectivity index is 5.77. The number of esters is 1. The van der Waals surface area contributed by atoms with Gasteiger partial charge in [-0.05, 0) is 27.2 Å². The van der Waals surface area contributed by atoms with Crippen molar-refractivity contribution in [2.75, 3.05) is 6.61 Å². The smallest absolute Gasteiger partial charge is 0.412 e. The molecule has 0 bridgehead atoms. The van der Waals surface area contributed by atoms with E-state index in [1.165, 1.54) is 13.8 Å². The first-order valence-electron chi connectivity index (χ1n) is 8.25. The number of amides is 1. The lowest BCUT2D eigenvalue weighted by Gasteiger charge is -2.34. The molecule has 0 aliphatic rings. The van der Waals surface area contributed by atoms with Gasteiger partial charge >= 0.3 is 45.1 Å². The highest BCUT2D eigenvalue weighted by Crippen LogP contribution is 2.42. The predicted octanol–water partition coefficient (Wildman–Crippen LogP) is 2.80. The van der Waals surface area contributed by atoms with Crippen molar-refractivity contribution in [2.45, 2.75) is 62.8 Å². The van der Waals surface area contributed by atoms with Gasteiger partial charge in [-0.25, -0.2) is 4.79 Å². The van der Waals surface area contributed by atoms with Gasteiger partial charge in [0.15, 0.2) is 0 Å². The standard InChI is InChI=1S/C15H20F7NO7S/c1-8(2)10(24)30-13(14(18,19)20,11(25)23-9(3)4)29-7-5-6-12(16,17)15(21,22)31(26,27)28/h9H,1,5-7H2,2-4H3,(H,23,25)(H,26,27,28). The summed E-state index contributed by atoms with van der Waals surface area (Å²) >= 11 is 0. The van der Waals surface area contributed by atoms with Crippen LogP contribution in [0, 0.1) is 0 Å². The van der Waals surface area contributed by atoms with Crippen LogP contribution in [0.25, 0.3) is 0 Å². The first-order chi connectivity index (χ1) is 13.6. The van der Waals surface area contributed by atoms with E-state index in [1.54, 1.807) is 5.32 Å². The third kappa shape index (κ3) is 6.77. The Morgan fingerprint density at radius 1 is 1.10 bits per heavy atom. The van der Waals surface area contributed by atoms with Crippen LogP contribution in [0.2, 0.25) is 0 Å². The predicted molar refractivity (Wildman–Crippen MR) is 89.6 cm³/mol. The lowest BCUT2D eigenvalue weighted by Crippen LogP contribution is -2.62. The van der Waals surface area contributed by atoms with E-state index in [9.17, 15) is 48.7 Å². The average Bonchev–Trinajstić information content (AvgIpc) is 2.54. The molecule has 1 unspecified atom stereocenters. The number of carbonyl (C=O) groups excluding carboxylic acids is 2. The summed E-state index contributed by atoms with van der Waals surface area (Å²) in [7, 11) is -6.55. The van der Waals surface area contributed by atoms with Gasteiger partial charge in [-0.1, -0.05) is 6.58 Å². The van der Waals surface area contributed by atoms with Crippen LogP contribution >= 0.6 is 0 Å². The summed E-state index contributed by atoms with van der Waals surface area (Å²) in [4.78, 5) is 23.8. The van der Waals surface area contributed by atoms with Gasteiger partial charge < -0.3 is 14.8 Å². The number of rotatable bonds is 11. The van der Waals surface area contributed by atoms with Gasteiger partial charge in [-0.2, -0.15) is 39.2 Å². The van der Waals surface area contributed by atoms with Crippen molar-refractivity contribution < 1.29 is 62.8 Å². The number of carbonyl (C=O) groups is 2. The molecule has 182 valence electrons. The Labute approximate surface area is 172 Å². The molecule has 2 N–H and O–H groups in total. The second-order valence-corrected chi connectivity index (χ2v) is 8.02. The van der Waals surface area contributed by atoms with Crippen LogP contribution in [0.1, 0.15) is 33.6 Å². The fourth-order valence-corrected chi connectivity index (χ4v) is 2.31. The van der Waals surface area contributed by atoms with E-state index in [2.05, 4.69) is 16.1 Å². The van der Waals surface area contributed by atoms with Crippen LogP contribution in [0.15, 0.2) is 12.2 Å². The van der Waals surface area contributed by atoms with Crippen molar-refractivity contribution in [3.05, 3.63) is 12.2 Å². The average molecular weight is 491 g/mol. The number of nitrogens with one attached hydrogen (secondary N) is 1. The minimum Gasteiger partial charge on any atom is -0.412 e. The zero-order valence-corrected chi connectivity index (χ0v) is 17.2. The van der Waals surface area contributed by atoms with Crippen LogP contribution in [0.3, 0.4) is 0 Å². The van der Waals surface area contributed by atoms with E-state index in [-0.39, 0.29) is 0 Å². The van der Waals surface area contributed by atoms with Crippen LogP contribution in [0.5, 0.6) is 0 Å². The third-order valence-electron chi connectivity index (χ3n) is 3.37. The largest absolute Gasteiger partial charge is 0.466 e. The second kappa shape index (κ2) is 9.68. The summed E-state index contributed by atoms with van der Waals surface area (Å²) in [6, 6.07) is -0.931. The normalized spacial score (nSPS) is 15.4. The van der Waals surface area contributed by atoms with E-state index in [0.29, 0.717) is 0 Å². The molecule has 8 nitrogen and oxygen atoms in total. The van der Waals surface area contributed by atoms with Crippen molar-refractivity contribution in [3.63, 3.8) is 0 Å². The van der Waals surface area contributed by atoms with Crippen molar-refractivity contribution in [3.8, 4) is 0 Å². The number of hydrogen-bond acceptors (Lipinski definition) is 6. The highest BCUT2D eigenvalue weighted by Gasteiger charge is 2.67. The van der Waals surface area contributed by atoms with E-state index in [1.807, 2.05) is 0 Å². The molecule has 0 fully saturated rings. The van der Waals surface area contributed by atoms with Crippen molar-refractivity contribution in [2.24, 2.45) is 0 Å². The lowest BCUT2D eigenvalue weighted by molar-refractivity contribution is -0.347. The van der Waals surface area contributed by atoms with Crippen LogP contribution in [0.4, 0.5) is 30.7 Å². The molecule has 0 heterocycles. The second-order valence-electron chi connectivity index (χ2n) is 6.56. The lowest BCUT2D eigenvalue weighted by atomic mass is 10.1. The van der Waals surface area contributed by atoms with E-state index < -0.39 is 76.2 Å². The molecule has 0 saturated heterocycles. The Bertz CT molecular complexity index is 796. The highest BCUT2D eigenvalue weighted by atomic mass is 32.2. The van der Waals surface area contributed by atoms with Crippen LogP contribution in [-0.2, 0) is 29.2 Å². The molecule has 0 radical (unpaired) electrons. The summed E-state index contributed by atoms with van der Waals surface area (Å²) in [5.41, 5.74) is -0.589. The van der Waals surface area contributed by atoms with Crippen LogP contribution in [-0.4, -0.2) is 60.6 Å². The summed E-state index contributed by atoms with van der Waals surface area (Å²) in [6.45, 7) is 4.92. The fourth-order valence-electron chi connectivity index (χ4n) is 1.83. The van der Waals surface area contributed by atoms with Gasteiger partial charge in [0.2, 0.25) is 0 Å². The summed E-state index contributed by atoms with van der Waals surface area (Å²) < 4.78 is 132. The maximum Gasteiger partial charge on any atom is 0.466 e. The van der Waals surface area contributed by atoms with Gasteiger partial charge in [0, 0.05) is 18.0 Å². The molecule has 0 rings (SSSR count). The summed E-state index contributed by atoms with van der Waals surface area (Å²) in [5.74, 6) is -13.5. The molecular weight excluding hydrogens is 471 g/mol. The Hall–Kier alpha value is -1.94. The molecule has 1 amide bonds. The maximum absolute atomic E-state index is 13.6. The molecule has 16 heteroatoms. The molecule has 0 aliphatic heterocycles. The highest BCUT2D eigenvalue weighted by molar-refractivity contribution is 7.87. The van der Waals surface area contributed by atoms with Gasteiger partial charge in [-0.3, -0.25) is 9.35 Å². The molecule has 0 aromatic heterocycles. The van der Waals surface area contributed by atoms with Crippen LogP contribution < -0.4 is 5.32 Å². The zero-order valence-electron chi connectivity index (χ0n) is 16.4. The molecule has 31 heavy (non-hydrogen) atoms. The third-order valence-corrected chi connectivity index (χ3v) is 4.31. The summed E-state index contributed by atoms with van der Waals surface area (Å²) in [6.07, 6.45) is -9.19. The molecule has 0 aliphatic carbocycles. The minimum absolute atomic E-state index is 0.589. The van der Waals surface area contributed by atoms with Gasteiger partial charge in [0.25, 0.3) is 0 Å². The molecule has 0 aromatic rings. The number of ether oxygens (including phenoxy) is 2. The van der Waals surface area contributed by atoms with Gasteiger partial charge in [0.05, 0.1) is 6.61 Å². The topological polar surface area (TPSA) is 119 Å². The number of alkyl halides is 7. The summed E-state index contributed by atoms with van der Waals surface area (Å²) in [5, 5.41) is -4.18. The zero-order chi connectivity index (χ0) is 25.1. The van der Waals surface area contributed by atoms with Crippen molar-refractivity contribution in [1.82, 2.24) is 5.32 Å². The molecular formula is C15H20F7NO7S. The first-order valence-corrected chi connectivity index (χ1v) is 9.69.